The van der Waals surface area contributed by atoms with Crippen molar-refractivity contribution >= 4 is 17.5 Å². The minimum atomic E-state index is -0.0916. The molecule has 0 aliphatic heterocycles. The summed E-state index contributed by atoms with van der Waals surface area (Å²) < 4.78 is 0. The molecule has 5 heteroatoms. The smallest absolute Gasteiger partial charge is 0.251 e. The Balaban J connectivity index is 1.38. The predicted octanol–water partition coefficient (Wildman–Crippen LogP) is 2.17. The van der Waals surface area contributed by atoms with E-state index in [1.54, 1.807) is 24.3 Å². The standard InChI is InChI=1S/C19H24N2O3/c22-10-16-13-3-4-14(9-13)17(16)21-19(24)12-5-7-15(8-6-12)20-18(23)11-1-2-11/h5-8,11,13-14,16-17,22H,1-4,9-10H2,(H,20,23)(H,21,24). The molecule has 3 aliphatic rings. The number of aliphatic hydroxyl groups excluding tert-OH is 1. The highest BCUT2D eigenvalue weighted by molar-refractivity contribution is 5.97. The van der Waals surface area contributed by atoms with E-state index in [1.807, 2.05) is 0 Å². The molecule has 4 unspecified atom stereocenters. The molecule has 2 bridgehead atoms. The van der Waals surface area contributed by atoms with Crippen LogP contribution in [-0.4, -0.2) is 29.6 Å². The maximum atomic E-state index is 12.5. The van der Waals surface area contributed by atoms with Gasteiger partial charge in [-0.3, -0.25) is 9.59 Å². The predicted molar refractivity (Wildman–Crippen MR) is 90.5 cm³/mol. The van der Waals surface area contributed by atoms with Crippen LogP contribution in [0.4, 0.5) is 5.69 Å². The van der Waals surface area contributed by atoms with Crippen LogP contribution < -0.4 is 10.6 Å². The molecule has 24 heavy (non-hydrogen) atoms. The third kappa shape index (κ3) is 2.93. The van der Waals surface area contributed by atoms with Crippen LogP contribution in [0.5, 0.6) is 0 Å². The van der Waals surface area contributed by atoms with Crippen LogP contribution in [0.1, 0.15) is 42.5 Å². The summed E-state index contributed by atoms with van der Waals surface area (Å²) in [4.78, 5) is 24.3. The van der Waals surface area contributed by atoms with Gasteiger partial charge in [0.1, 0.15) is 0 Å². The van der Waals surface area contributed by atoms with E-state index >= 15 is 0 Å². The van der Waals surface area contributed by atoms with Crippen LogP contribution in [0.2, 0.25) is 0 Å². The third-order valence-corrected chi connectivity index (χ3v) is 5.96. The Morgan fingerprint density at radius 3 is 2.42 bits per heavy atom. The molecule has 0 aromatic heterocycles. The van der Waals surface area contributed by atoms with Crippen molar-refractivity contribution in [3.63, 3.8) is 0 Å². The van der Waals surface area contributed by atoms with Gasteiger partial charge in [0, 0.05) is 35.7 Å². The van der Waals surface area contributed by atoms with E-state index in [2.05, 4.69) is 10.6 Å². The second-order valence-electron chi connectivity index (χ2n) is 7.52. The van der Waals surface area contributed by atoms with Gasteiger partial charge in [0.15, 0.2) is 0 Å². The molecule has 1 aromatic carbocycles. The quantitative estimate of drug-likeness (QED) is 0.775. The van der Waals surface area contributed by atoms with Gasteiger partial charge >= 0.3 is 0 Å². The largest absolute Gasteiger partial charge is 0.396 e. The van der Waals surface area contributed by atoms with Gasteiger partial charge in [-0.15, -0.1) is 0 Å². The van der Waals surface area contributed by atoms with Crippen molar-refractivity contribution in [3.8, 4) is 0 Å². The van der Waals surface area contributed by atoms with Gasteiger partial charge in [-0.2, -0.15) is 0 Å². The maximum absolute atomic E-state index is 12.5. The van der Waals surface area contributed by atoms with Crippen molar-refractivity contribution in [2.45, 2.75) is 38.1 Å². The van der Waals surface area contributed by atoms with Crippen LogP contribution in [0.15, 0.2) is 24.3 Å². The number of nitrogens with one attached hydrogen (secondary N) is 2. The summed E-state index contributed by atoms with van der Waals surface area (Å²) in [7, 11) is 0. The normalized spacial score (nSPS) is 31.0. The van der Waals surface area contributed by atoms with E-state index < -0.39 is 0 Å². The number of hydrogen-bond acceptors (Lipinski definition) is 3. The lowest BCUT2D eigenvalue weighted by Crippen LogP contribution is -2.45. The molecule has 0 saturated heterocycles. The number of fused-ring (bicyclic) bond motifs is 2. The van der Waals surface area contributed by atoms with Crippen molar-refractivity contribution in [2.24, 2.45) is 23.7 Å². The fraction of sp³-hybridized carbons (Fsp3) is 0.579. The van der Waals surface area contributed by atoms with Gasteiger partial charge in [0.05, 0.1) is 0 Å². The van der Waals surface area contributed by atoms with Gasteiger partial charge in [-0.25, -0.2) is 0 Å². The topological polar surface area (TPSA) is 78.4 Å². The first-order valence-electron chi connectivity index (χ1n) is 8.98. The summed E-state index contributed by atoms with van der Waals surface area (Å²) in [6.07, 6.45) is 5.40. The Bertz CT molecular complexity index is 639. The fourth-order valence-corrected chi connectivity index (χ4v) is 4.43. The number of carbonyl (C=O) groups is 2. The number of aliphatic hydroxyl groups is 1. The average molecular weight is 328 g/mol. The Hall–Kier alpha value is -1.88. The van der Waals surface area contributed by atoms with Gasteiger partial charge < -0.3 is 15.7 Å². The molecule has 0 radical (unpaired) electrons. The molecule has 3 aliphatic carbocycles. The van der Waals surface area contributed by atoms with E-state index in [-0.39, 0.29) is 36.3 Å². The molecule has 0 spiro atoms. The third-order valence-electron chi connectivity index (χ3n) is 5.96. The summed E-state index contributed by atoms with van der Waals surface area (Å²) in [5.74, 6) is 1.41. The molecule has 2 amide bonds. The molecule has 0 heterocycles. The van der Waals surface area contributed by atoms with Crippen molar-refractivity contribution < 1.29 is 14.7 Å². The van der Waals surface area contributed by atoms with Crippen molar-refractivity contribution in [1.29, 1.82) is 0 Å². The Kier molecular flexibility index (Phi) is 4.04. The van der Waals surface area contributed by atoms with E-state index in [9.17, 15) is 14.7 Å². The fourth-order valence-electron chi connectivity index (χ4n) is 4.43. The zero-order valence-electron chi connectivity index (χ0n) is 13.7. The molecule has 3 fully saturated rings. The lowest BCUT2D eigenvalue weighted by atomic mass is 9.85. The van der Waals surface area contributed by atoms with E-state index in [0.717, 1.165) is 31.4 Å². The number of anilines is 1. The van der Waals surface area contributed by atoms with Gasteiger partial charge in [-0.1, -0.05) is 0 Å². The number of carbonyl (C=O) groups excluding carboxylic acids is 2. The first-order valence-corrected chi connectivity index (χ1v) is 8.98. The Labute approximate surface area is 141 Å². The summed E-state index contributed by atoms with van der Waals surface area (Å²) in [5.41, 5.74) is 1.33. The molecule has 3 N–H and O–H groups in total. The van der Waals surface area contributed by atoms with Crippen LogP contribution in [-0.2, 0) is 4.79 Å². The average Bonchev–Trinajstić information content (AvgIpc) is 3.27. The van der Waals surface area contributed by atoms with Crippen LogP contribution in [0.3, 0.4) is 0 Å². The highest BCUT2D eigenvalue weighted by Crippen LogP contribution is 2.48. The summed E-state index contributed by atoms with van der Waals surface area (Å²) in [6, 6.07) is 7.15. The zero-order valence-corrected chi connectivity index (χ0v) is 13.7. The second kappa shape index (κ2) is 6.20. The minimum Gasteiger partial charge on any atom is -0.396 e. The maximum Gasteiger partial charge on any atom is 0.251 e. The number of hydrogen-bond donors (Lipinski definition) is 3. The molecule has 128 valence electrons. The van der Waals surface area contributed by atoms with Crippen molar-refractivity contribution in [3.05, 3.63) is 29.8 Å². The number of rotatable bonds is 5. The van der Waals surface area contributed by atoms with Gasteiger partial charge in [-0.05, 0) is 68.2 Å². The molecule has 3 saturated carbocycles. The lowest BCUT2D eigenvalue weighted by Gasteiger charge is -2.30. The molecular weight excluding hydrogens is 304 g/mol. The second-order valence-corrected chi connectivity index (χ2v) is 7.52. The van der Waals surface area contributed by atoms with E-state index in [1.165, 1.54) is 6.42 Å². The number of benzene rings is 1. The van der Waals surface area contributed by atoms with Crippen molar-refractivity contribution in [2.75, 3.05) is 11.9 Å². The summed E-state index contributed by atoms with van der Waals surface area (Å²) in [5, 5.41) is 15.6. The SMILES string of the molecule is O=C(NC1C2CCC(C2)C1CO)c1ccc(NC(=O)C2CC2)cc1. The van der Waals surface area contributed by atoms with Crippen molar-refractivity contribution in [1.82, 2.24) is 5.32 Å². The van der Waals surface area contributed by atoms with Crippen LogP contribution in [0.25, 0.3) is 0 Å². The van der Waals surface area contributed by atoms with Crippen LogP contribution >= 0.6 is 0 Å². The molecule has 4 atom stereocenters. The molecule has 1 aromatic rings. The Morgan fingerprint density at radius 2 is 1.75 bits per heavy atom. The first kappa shape index (κ1) is 15.6. The monoisotopic (exact) mass is 328 g/mol. The summed E-state index contributed by atoms with van der Waals surface area (Å²) >= 11 is 0. The zero-order chi connectivity index (χ0) is 16.7. The lowest BCUT2D eigenvalue weighted by molar-refractivity contribution is -0.117. The van der Waals surface area contributed by atoms with Gasteiger partial charge in [0.2, 0.25) is 5.91 Å². The Morgan fingerprint density at radius 1 is 1.04 bits per heavy atom. The summed E-state index contributed by atoms with van der Waals surface area (Å²) in [6.45, 7) is 0.151. The first-order chi connectivity index (χ1) is 11.7. The number of amides is 2. The molecule has 5 nitrogen and oxygen atoms in total. The molecule has 4 rings (SSSR count). The van der Waals surface area contributed by atoms with Gasteiger partial charge in [0.25, 0.3) is 5.91 Å². The highest BCUT2D eigenvalue weighted by atomic mass is 16.3. The van der Waals surface area contributed by atoms with E-state index in [0.29, 0.717) is 17.4 Å². The molecular formula is C19H24N2O3. The van der Waals surface area contributed by atoms with E-state index in [4.69, 9.17) is 0 Å². The minimum absolute atomic E-state index is 0.0694. The van der Waals surface area contributed by atoms with Crippen LogP contribution in [0, 0.1) is 23.7 Å². The highest BCUT2D eigenvalue weighted by Gasteiger charge is 2.47.